The third-order valence-electron chi connectivity index (χ3n) is 3.58. The van der Waals surface area contributed by atoms with Crippen molar-refractivity contribution in [3.8, 4) is 6.07 Å². The molecule has 1 saturated heterocycles. The van der Waals surface area contributed by atoms with Gasteiger partial charge in [0.25, 0.3) is 0 Å². The first-order valence-electron chi connectivity index (χ1n) is 6.98. The fourth-order valence-electron chi connectivity index (χ4n) is 2.51. The lowest BCUT2D eigenvalue weighted by Gasteiger charge is -2.19. The monoisotopic (exact) mass is 329 g/mol. The number of rotatable bonds is 2. The highest BCUT2D eigenvalue weighted by Crippen LogP contribution is 2.31. The summed E-state index contributed by atoms with van der Waals surface area (Å²) < 4.78 is 0. The normalized spacial score (nSPS) is 16.0. The van der Waals surface area contributed by atoms with Crippen LogP contribution in [0.3, 0.4) is 0 Å². The van der Waals surface area contributed by atoms with Gasteiger partial charge in [0.15, 0.2) is 0 Å². The van der Waals surface area contributed by atoms with Gasteiger partial charge < -0.3 is 4.90 Å². The smallest absolute Gasteiger partial charge is 0.109 e. The maximum absolute atomic E-state index is 9.18. The van der Waals surface area contributed by atoms with E-state index in [4.69, 9.17) is 23.2 Å². The quantitative estimate of drug-likeness (QED) is 0.759. The molecule has 1 fully saturated rings. The number of aliphatic imine (C=N–C) groups is 1. The molecule has 3 rings (SSSR count). The van der Waals surface area contributed by atoms with Crippen LogP contribution >= 0.6 is 23.2 Å². The Kier molecular flexibility index (Phi) is 4.33. The van der Waals surface area contributed by atoms with Crippen molar-refractivity contribution in [1.82, 2.24) is 0 Å². The Labute approximate surface area is 139 Å². The Hall–Kier alpha value is -2.02. The fourth-order valence-corrected chi connectivity index (χ4v) is 2.80. The number of hydrogen-bond acceptors (Lipinski definition) is 2. The molecule has 0 amide bonds. The number of nitrogens with zero attached hydrogens (tertiary/aromatic N) is 3. The zero-order valence-corrected chi connectivity index (χ0v) is 13.3. The largest absolute Gasteiger partial charge is 0.330 e. The van der Waals surface area contributed by atoms with E-state index in [9.17, 15) is 5.26 Å². The molecule has 0 radical (unpaired) electrons. The van der Waals surface area contributed by atoms with E-state index in [1.165, 1.54) is 0 Å². The summed E-state index contributed by atoms with van der Waals surface area (Å²) in [7, 11) is 0. The van der Waals surface area contributed by atoms with Crippen LogP contribution < -0.4 is 4.90 Å². The second kappa shape index (κ2) is 6.39. The third-order valence-corrected chi connectivity index (χ3v) is 4.32. The van der Waals surface area contributed by atoms with Crippen molar-refractivity contribution in [3.63, 3.8) is 0 Å². The van der Waals surface area contributed by atoms with Crippen LogP contribution in [-0.2, 0) is 0 Å². The SMILES string of the molecule is N#Cc1ccccc1N=C1CCCN1c1ccc(Cl)c(Cl)c1. The molecular weight excluding hydrogens is 317 g/mol. The molecule has 0 atom stereocenters. The van der Waals surface area contributed by atoms with E-state index in [0.29, 0.717) is 21.3 Å². The van der Waals surface area contributed by atoms with Gasteiger partial charge in [-0.1, -0.05) is 35.3 Å². The highest BCUT2D eigenvalue weighted by Gasteiger charge is 2.21. The standard InChI is InChI=1S/C17H13Cl2N3/c18-14-8-7-13(10-15(14)19)22-9-3-6-17(22)21-16-5-2-1-4-12(16)11-20/h1-2,4-5,7-8,10H,3,6,9H2. The molecule has 0 bridgehead atoms. The first-order valence-corrected chi connectivity index (χ1v) is 7.74. The molecule has 1 aliphatic heterocycles. The van der Waals surface area contributed by atoms with Gasteiger partial charge in [0.2, 0.25) is 0 Å². The Morgan fingerprint density at radius 1 is 1.09 bits per heavy atom. The van der Waals surface area contributed by atoms with Crippen LogP contribution in [0.15, 0.2) is 47.5 Å². The van der Waals surface area contributed by atoms with Gasteiger partial charge in [-0.15, -0.1) is 0 Å². The molecule has 0 N–H and O–H groups in total. The minimum absolute atomic E-state index is 0.530. The van der Waals surface area contributed by atoms with Gasteiger partial charge in [-0.25, -0.2) is 4.99 Å². The second-order valence-corrected chi connectivity index (χ2v) is 5.82. The van der Waals surface area contributed by atoms with E-state index < -0.39 is 0 Å². The lowest BCUT2D eigenvalue weighted by molar-refractivity contribution is 0.956. The molecule has 0 aliphatic carbocycles. The number of halogens is 2. The van der Waals surface area contributed by atoms with Gasteiger partial charge in [0.05, 0.1) is 21.3 Å². The molecule has 2 aromatic rings. The first kappa shape index (κ1) is 14.9. The number of nitriles is 1. The summed E-state index contributed by atoms with van der Waals surface area (Å²) in [5.41, 5.74) is 2.25. The van der Waals surface area contributed by atoms with Gasteiger partial charge in [-0.2, -0.15) is 5.26 Å². The van der Waals surface area contributed by atoms with Crippen LogP contribution in [0.2, 0.25) is 10.0 Å². The van der Waals surface area contributed by atoms with Crippen molar-refractivity contribution in [3.05, 3.63) is 58.1 Å². The number of anilines is 1. The minimum Gasteiger partial charge on any atom is -0.330 e. The molecule has 0 spiro atoms. The fraction of sp³-hybridized carbons (Fsp3) is 0.176. The van der Waals surface area contributed by atoms with Crippen LogP contribution in [0.4, 0.5) is 11.4 Å². The highest BCUT2D eigenvalue weighted by molar-refractivity contribution is 6.42. The summed E-state index contributed by atoms with van der Waals surface area (Å²) in [6.07, 6.45) is 1.90. The molecule has 1 aliphatic rings. The van der Waals surface area contributed by atoms with Gasteiger partial charge in [0, 0.05) is 18.7 Å². The topological polar surface area (TPSA) is 39.4 Å². The molecule has 5 heteroatoms. The number of para-hydroxylation sites is 1. The summed E-state index contributed by atoms with van der Waals surface area (Å²) in [6, 6.07) is 15.1. The van der Waals surface area contributed by atoms with Crippen molar-refractivity contribution in [2.45, 2.75) is 12.8 Å². The van der Waals surface area contributed by atoms with Crippen LogP contribution in [0.5, 0.6) is 0 Å². The summed E-state index contributed by atoms with van der Waals surface area (Å²) in [6.45, 7) is 0.880. The molecule has 22 heavy (non-hydrogen) atoms. The zero-order chi connectivity index (χ0) is 15.5. The van der Waals surface area contributed by atoms with Crippen LogP contribution in [0.25, 0.3) is 0 Å². The third kappa shape index (κ3) is 2.94. The van der Waals surface area contributed by atoms with Gasteiger partial charge in [-0.3, -0.25) is 0 Å². The van der Waals surface area contributed by atoms with Crippen molar-refractivity contribution in [2.75, 3.05) is 11.4 Å². The number of amidine groups is 1. The molecule has 3 nitrogen and oxygen atoms in total. The average Bonchev–Trinajstić information content (AvgIpc) is 2.99. The van der Waals surface area contributed by atoms with Crippen molar-refractivity contribution in [1.29, 1.82) is 5.26 Å². The average molecular weight is 330 g/mol. The Bertz CT molecular complexity index is 778. The van der Waals surface area contributed by atoms with Crippen molar-refractivity contribution in [2.24, 2.45) is 4.99 Å². The summed E-state index contributed by atoms with van der Waals surface area (Å²) in [5.74, 6) is 0.945. The van der Waals surface area contributed by atoms with E-state index in [0.717, 1.165) is 30.9 Å². The first-order chi connectivity index (χ1) is 10.7. The lowest BCUT2D eigenvalue weighted by Crippen LogP contribution is -2.23. The molecule has 0 aromatic heterocycles. The summed E-state index contributed by atoms with van der Waals surface area (Å²) >= 11 is 12.1. The predicted molar refractivity (Wildman–Crippen MR) is 91.3 cm³/mol. The van der Waals surface area contributed by atoms with E-state index in [1.807, 2.05) is 30.3 Å². The van der Waals surface area contributed by atoms with Crippen LogP contribution in [0.1, 0.15) is 18.4 Å². The highest BCUT2D eigenvalue weighted by atomic mass is 35.5. The maximum Gasteiger partial charge on any atom is 0.109 e. The zero-order valence-electron chi connectivity index (χ0n) is 11.8. The van der Waals surface area contributed by atoms with E-state index in [-0.39, 0.29) is 0 Å². The van der Waals surface area contributed by atoms with E-state index in [1.54, 1.807) is 12.1 Å². The summed E-state index contributed by atoms with van der Waals surface area (Å²) in [5, 5.41) is 10.2. The van der Waals surface area contributed by atoms with Gasteiger partial charge in [0.1, 0.15) is 11.9 Å². The molecular formula is C17H13Cl2N3. The molecule has 0 unspecified atom stereocenters. The molecule has 0 saturated carbocycles. The Balaban J connectivity index is 1.98. The Morgan fingerprint density at radius 2 is 1.91 bits per heavy atom. The van der Waals surface area contributed by atoms with Crippen molar-refractivity contribution >= 4 is 40.4 Å². The molecule has 110 valence electrons. The number of hydrogen-bond donors (Lipinski definition) is 0. The Morgan fingerprint density at radius 3 is 2.68 bits per heavy atom. The van der Waals surface area contributed by atoms with Gasteiger partial charge in [-0.05, 0) is 36.8 Å². The lowest BCUT2D eigenvalue weighted by atomic mass is 10.2. The molecule has 2 aromatic carbocycles. The van der Waals surface area contributed by atoms with Crippen molar-refractivity contribution < 1.29 is 0 Å². The second-order valence-electron chi connectivity index (χ2n) is 5.01. The summed E-state index contributed by atoms with van der Waals surface area (Å²) in [4.78, 5) is 6.80. The molecule has 1 heterocycles. The minimum atomic E-state index is 0.530. The van der Waals surface area contributed by atoms with Crippen LogP contribution in [0, 0.1) is 11.3 Å². The number of benzene rings is 2. The maximum atomic E-state index is 9.18. The van der Waals surface area contributed by atoms with E-state index >= 15 is 0 Å². The van der Waals surface area contributed by atoms with Gasteiger partial charge >= 0.3 is 0 Å². The predicted octanol–water partition coefficient (Wildman–Crippen LogP) is 5.20. The van der Waals surface area contributed by atoms with Crippen LogP contribution in [-0.4, -0.2) is 12.4 Å². The van der Waals surface area contributed by atoms with E-state index in [2.05, 4.69) is 16.0 Å².